The number of aryl methyl sites for hydroxylation is 1. The summed E-state index contributed by atoms with van der Waals surface area (Å²) in [5.74, 6) is 0.657. The van der Waals surface area contributed by atoms with Gasteiger partial charge >= 0.3 is 0 Å². The highest BCUT2D eigenvalue weighted by atomic mass is 35.5. The quantitative estimate of drug-likeness (QED) is 0.453. The van der Waals surface area contributed by atoms with E-state index in [9.17, 15) is 13.2 Å². The summed E-state index contributed by atoms with van der Waals surface area (Å²) in [5.41, 5.74) is 3.48. The molecule has 2 aliphatic carbocycles. The average molecular weight is 615 g/mol. The first kappa shape index (κ1) is 28.4. The molecule has 0 unspecified atom stereocenters. The zero-order valence-corrected chi connectivity index (χ0v) is 25.6. The Morgan fingerprint density at radius 2 is 2.00 bits per heavy atom. The zero-order valence-electron chi connectivity index (χ0n) is 24.0. The largest absolute Gasteiger partial charge is 0.490 e. The third-order valence-electron chi connectivity index (χ3n) is 10.1. The standard InChI is InChI=1S/C32H39ClN2O6S/c1-20-17-42(37,38)34-31(36)22-5-9-29-28(14-22)35(16-23-4-7-26(23)30-15-25(41-20)10-12-39-30)18-32(19-40-29)11-2-3-21-13-24(33)6-8-27(21)32/h5-6,8-9,13-14,20,23,25-26,30H,2-4,7,10-12,15-19H2,1H3,(H,34,36)/t20-,23+,25-,26-,30+,32+/m1/s1. The summed E-state index contributed by atoms with van der Waals surface area (Å²) in [6, 6.07) is 11.5. The monoisotopic (exact) mass is 614 g/mol. The predicted octanol–water partition coefficient (Wildman–Crippen LogP) is 4.87. The van der Waals surface area contributed by atoms with Gasteiger partial charge in [0.05, 0.1) is 36.4 Å². The first-order chi connectivity index (χ1) is 20.2. The second kappa shape index (κ2) is 11.0. The fourth-order valence-electron chi connectivity index (χ4n) is 7.99. The summed E-state index contributed by atoms with van der Waals surface area (Å²) >= 11 is 6.41. The Kier molecular flexibility index (Phi) is 7.44. The minimum absolute atomic E-state index is 0.0569. The number of amides is 1. The van der Waals surface area contributed by atoms with Crippen LogP contribution in [-0.2, 0) is 31.3 Å². The second-order valence-electron chi connectivity index (χ2n) is 13.0. The van der Waals surface area contributed by atoms with Crippen LogP contribution in [-0.4, -0.2) is 64.7 Å². The van der Waals surface area contributed by atoms with Crippen molar-refractivity contribution in [3.05, 3.63) is 58.1 Å². The fraction of sp³-hybridized carbons (Fsp3) is 0.594. The molecule has 2 aromatic rings. The maximum Gasteiger partial charge on any atom is 0.264 e. The normalized spacial score (nSPS) is 34.2. The highest BCUT2D eigenvalue weighted by molar-refractivity contribution is 7.90. The molecule has 42 heavy (non-hydrogen) atoms. The van der Waals surface area contributed by atoms with Crippen molar-refractivity contribution in [2.45, 2.75) is 75.6 Å². The number of nitrogens with zero attached hydrogens (tertiary/aromatic N) is 1. The molecule has 6 atom stereocenters. The number of rotatable bonds is 0. The van der Waals surface area contributed by atoms with Crippen LogP contribution in [0.25, 0.3) is 0 Å². The lowest BCUT2D eigenvalue weighted by atomic mass is 9.67. The van der Waals surface area contributed by atoms with E-state index in [-0.39, 0.29) is 23.4 Å². The van der Waals surface area contributed by atoms with Crippen molar-refractivity contribution in [3.8, 4) is 5.75 Å². The molecule has 8 nitrogen and oxygen atoms in total. The number of carbonyl (C=O) groups excluding carboxylic acids is 1. The minimum Gasteiger partial charge on any atom is -0.490 e. The van der Waals surface area contributed by atoms with Crippen molar-refractivity contribution in [2.24, 2.45) is 11.8 Å². The number of hydrogen-bond acceptors (Lipinski definition) is 7. The molecular formula is C32H39ClN2O6S. The Morgan fingerprint density at radius 1 is 1.12 bits per heavy atom. The van der Waals surface area contributed by atoms with Crippen LogP contribution in [0.15, 0.2) is 36.4 Å². The summed E-state index contributed by atoms with van der Waals surface area (Å²) in [5, 5.41) is 0.751. The number of halogens is 1. The smallest absolute Gasteiger partial charge is 0.264 e. The summed E-state index contributed by atoms with van der Waals surface area (Å²) in [6.45, 7) is 4.46. The fourth-order valence-corrected chi connectivity index (χ4v) is 9.36. The van der Waals surface area contributed by atoms with Gasteiger partial charge in [-0.3, -0.25) is 4.79 Å². The first-order valence-electron chi connectivity index (χ1n) is 15.3. The topological polar surface area (TPSA) is 94.2 Å². The van der Waals surface area contributed by atoms with Crippen molar-refractivity contribution < 1.29 is 27.4 Å². The van der Waals surface area contributed by atoms with Gasteiger partial charge < -0.3 is 19.1 Å². The highest BCUT2D eigenvalue weighted by Crippen LogP contribution is 2.47. The van der Waals surface area contributed by atoms with E-state index in [1.54, 1.807) is 19.1 Å². The number of carbonyl (C=O) groups is 1. The van der Waals surface area contributed by atoms with Crippen LogP contribution in [0.3, 0.4) is 0 Å². The van der Waals surface area contributed by atoms with Crippen LogP contribution < -0.4 is 14.4 Å². The van der Waals surface area contributed by atoms with Gasteiger partial charge in [-0.1, -0.05) is 17.7 Å². The second-order valence-corrected chi connectivity index (χ2v) is 15.2. The maximum absolute atomic E-state index is 13.3. The van der Waals surface area contributed by atoms with Crippen LogP contribution >= 0.6 is 11.6 Å². The van der Waals surface area contributed by atoms with Crippen molar-refractivity contribution in [3.63, 3.8) is 0 Å². The molecule has 5 aliphatic rings. The molecule has 3 aliphatic heterocycles. The number of nitrogens with one attached hydrogen (secondary N) is 1. The van der Waals surface area contributed by atoms with Gasteiger partial charge in [0.15, 0.2) is 0 Å². The SMILES string of the molecule is C[C@@H]1CS(=O)(=O)NC(=O)c2ccc3c(c2)N(C[C@@H]2CC[C@H]2[C@@H]2C[C@@H](CCO2)O1)C[C@@]1(CCCc2cc(Cl)ccc21)CO3. The summed E-state index contributed by atoms with van der Waals surface area (Å²) in [7, 11) is -3.91. The molecule has 3 heterocycles. The molecule has 4 bridgehead atoms. The lowest BCUT2D eigenvalue weighted by Gasteiger charge is -2.48. The molecule has 226 valence electrons. The van der Waals surface area contributed by atoms with Gasteiger partial charge in [0.1, 0.15) is 5.75 Å². The van der Waals surface area contributed by atoms with Gasteiger partial charge in [-0.05, 0) is 98.7 Å². The number of sulfonamides is 1. The third kappa shape index (κ3) is 5.42. The van der Waals surface area contributed by atoms with E-state index in [0.717, 1.165) is 74.5 Å². The maximum atomic E-state index is 13.3. The summed E-state index contributed by atoms with van der Waals surface area (Å²) in [6.07, 6.45) is 6.28. The van der Waals surface area contributed by atoms with Crippen molar-refractivity contribution in [1.82, 2.24) is 4.72 Å². The Balaban J connectivity index is 1.29. The van der Waals surface area contributed by atoms with Gasteiger partial charge in [-0.25, -0.2) is 13.1 Å². The molecule has 2 aromatic carbocycles. The van der Waals surface area contributed by atoms with E-state index in [2.05, 4.69) is 21.8 Å². The first-order valence-corrected chi connectivity index (χ1v) is 17.3. The van der Waals surface area contributed by atoms with Crippen LogP contribution in [0, 0.1) is 11.8 Å². The highest BCUT2D eigenvalue weighted by Gasteiger charge is 2.45. The zero-order chi connectivity index (χ0) is 29.1. The van der Waals surface area contributed by atoms with Crippen molar-refractivity contribution in [2.75, 3.05) is 37.0 Å². The molecule has 1 saturated carbocycles. The number of fused-ring (bicyclic) bond motifs is 7. The van der Waals surface area contributed by atoms with E-state index in [4.69, 9.17) is 25.8 Å². The van der Waals surface area contributed by atoms with E-state index in [0.29, 0.717) is 30.6 Å². The van der Waals surface area contributed by atoms with Crippen molar-refractivity contribution >= 4 is 33.2 Å². The van der Waals surface area contributed by atoms with E-state index in [1.165, 1.54) is 11.1 Å². The Hall–Kier alpha value is -2.33. The Bertz CT molecular complexity index is 1480. The van der Waals surface area contributed by atoms with E-state index in [1.807, 2.05) is 12.1 Å². The third-order valence-corrected chi connectivity index (χ3v) is 11.7. The van der Waals surface area contributed by atoms with Gasteiger partial charge in [-0.2, -0.15) is 0 Å². The summed E-state index contributed by atoms with van der Waals surface area (Å²) < 4.78 is 47.3. The molecule has 2 fully saturated rings. The van der Waals surface area contributed by atoms with E-state index >= 15 is 0 Å². The molecule has 7 rings (SSSR count). The molecule has 1 saturated heterocycles. The Morgan fingerprint density at radius 3 is 2.83 bits per heavy atom. The Labute approximate surface area is 253 Å². The van der Waals surface area contributed by atoms with Gasteiger partial charge in [0.2, 0.25) is 10.0 Å². The molecular weight excluding hydrogens is 576 g/mol. The molecule has 0 radical (unpaired) electrons. The van der Waals surface area contributed by atoms with Crippen molar-refractivity contribution in [1.29, 1.82) is 0 Å². The van der Waals surface area contributed by atoms with Gasteiger partial charge in [0, 0.05) is 42.1 Å². The minimum atomic E-state index is -3.91. The molecule has 1 N–H and O–H groups in total. The van der Waals surface area contributed by atoms with Gasteiger partial charge in [-0.15, -0.1) is 0 Å². The lowest BCUT2D eigenvalue weighted by molar-refractivity contribution is -0.126. The van der Waals surface area contributed by atoms with Crippen LogP contribution in [0.2, 0.25) is 5.02 Å². The van der Waals surface area contributed by atoms with Crippen LogP contribution in [0.4, 0.5) is 5.69 Å². The molecule has 0 aromatic heterocycles. The lowest BCUT2D eigenvalue weighted by Crippen LogP contribution is -2.51. The van der Waals surface area contributed by atoms with Crippen LogP contribution in [0.5, 0.6) is 5.75 Å². The number of benzene rings is 2. The number of anilines is 1. The summed E-state index contributed by atoms with van der Waals surface area (Å²) in [4.78, 5) is 15.7. The molecule has 10 heteroatoms. The number of ether oxygens (including phenoxy) is 3. The van der Waals surface area contributed by atoms with Gasteiger partial charge in [0.25, 0.3) is 5.91 Å². The molecule has 1 amide bonds. The van der Waals surface area contributed by atoms with Crippen LogP contribution in [0.1, 0.15) is 66.9 Å². The predicted molar refractivity (Wildman–Crippen MR) is 161 cm³/mol. The van der Waals surface area contributed by atoms with E-state index < -0.39 is 22.0 Å². The molecule has 1 spiro atoms. The number of hydrogen-bond donors (Lipinski definition) is 1. The average Bonchev–Trinajstić information content (AvgIpc) is 3.07.